The van der Waals surface area contributed by atoms with E-state index in [1.54, 1.807) is 0 Å². The summed E-state index contributed by atoms with van der Waals surface area (Å²) in [7, 11) is 0. The van der Waals surface area contributed by atoms with Crippen LogP contribution < -0.4 is 0 Å². The van der Waals surface area contributed by atoms with Crippen LogP contribution in [0, 0.1) is 5.82 Å². The Morgan fingerprint density at radius 2 is 2.00 bits per heavy atom. The number of pyridine rings is 1. The van der Waals surface area contributed by atoms with E-state index in [1.807, 2.05) is 0 Å². The van der Waals surface area contributed by atoms with Crippen molar-refractivity contribution in [1.82, 2.24) is 4.98 Å². The van der Waals surface area contributed by atoms with E-state index in [0.29, 0.717) is 12.3 Å². The number of nitrogens with zero attached hydrogens (tertiary/aromatic N) is 1. The van der Waals surface area contributed by atoms with Gasteiger partial charge in [-0.25, -0.2) is 4.39 Å². The van der Waals surface area contributed by atoms with E-state index in [4.69, 9.17) is 0 Å². The van der Waals surface area contributed by atoms with Crippen LogP contribution in [0.2, 0.25) is 0 Å². The third-order valence-corrected chi connectivity index (χ3v) is 1.39. The van der Waals surface area contributed by atoms with Crippen molar-refractivity contribution in [2.24, 2.45) is 0 Å². The van der Waals surface area contributed by atoms with E-state index in [2.05, 4.69) is 11.6 Å². The number of rotatable bonds is 1. The summed E-state index contributed by atoms with van der Waals surface area (Å²) in [5.41, 5.74) is -1.29. The molecule has 0 N–H and O–H groups in total. The molecule has 0 atom stereocenters. The van der Waals surface area contributed by atoms with Crippen LogP contribution in [0.3, 0.4) is 0 Å². The minimum atomic E-state index is -4.56. The van der Waals surface area contributed by atoms with Gasteiger partial charge in [0.2, 0.25) is 0 Å². The first-order chi connectivity index (χ1) is 5.95. The highest BCUT2D eigenvalue weighted by atomic mass is 19.4. The lowest BCUT2D eigenvalue weighted by Crippen LogP contribution is -2.06. The predicted molar refractivity (Wildman–Crippen MR) is 39.3 cm³/mol. The maximum atomic E-state index is 12.7. The molecule has 0 radical (unpaired) electrons. The minimum absolute atomic E-state index is 0.187. The molecule has 0 saturated heterocycles. The van der Waals surface area contributed by atoms with E-state index in [1.165, 1.54) is 0 Å². The molecule has 0 unspecified atom stereocenters. The van der Waals surface area contributed by atoms with Crippen LogP contribution in [0.5, 0.6) is 0 Å². The third-order valence-electron chi connectivity index (χ3n) is 1.39. The molecule has 0 fully saturated rings. The molecule has 1 heterocycles. The van der Waals surface area contributed by atoms with Gasteiger partial charge in [-0.05, 0) is 12.1 Å². The Morgan fingerprint density at radius 3 is 2.38 bits per heavy atom. The summed E-state index contributed by atoms with van der Waals surface area (Å²) < 4.78 is 48.7. The highest BCUT2D eigenvalue weighted by molar-refractivity contribution is 5.42. The average Bonchev–Trinajstić information content (AvgIpc) is 2.02. The molecule has 0 aliphatic heterocycles. The zero-order valence-corrected chi connectivity index (χ0v) is 6.40. The zero-order valence-electron chi connectivity index (χ0n) is 6.40. The first-order valence-corrected chi connectivity index (χ1v) is 3.30. The summed E-state index contributed by atoms with van der Waals surface area (Å²) in [5.74, 6) is -1.02. The maximum absolute atomic E-state index is 12.7. The Hall–Kier alpha value is -1.39. The minimum Gasteiger partial charge on any atom is -0.253 e. The molecule has 0 spiro atoms. The van der Waals surface area contributed by atoms with Gasteiger partial charge >= 0.3 is 6.18 Å². The normalized spacial score (nSPS) is 11.4. The smallest absolute Gasteiger partial charge is 0.253 e. The zero-order chi connectivity index (χ0) is 10.1. The average molecular weight is 191 g/mol. The molecular formula is C8H5F4N. The summed E-state index contributed by atoms with van der Waals surface area (Å²) in [6, 6.07) is 0.393. The molecule has 1 aromatic rings. The van der Waals surface area contributed by atoms with Gasteiger partial charge in [0, 0.05) is 6.20 Å². The molecule has 1 aromatic heterocycles. The number of halogens is 4. The SMILES string of the molecule is C=Cc1ncc(C(F)(F)F)cc1F. The van der Waals surface area contributed by atoms with Crippen LogP contribution in [0.15, 0.2) is 18.8 Å². The highest BCUT2D eigenvalue weighted by Crippen LogP contribution is 2.29. The van der Waals surface area contributed by atoms with Crippen LogP contribution >= 0.6 is 0 Å². The molecule has 1 rings (SSSR count). The van der Waals surface area contributed by atoms with E-state index in [-0.39, 0.29) is 5.69 Å². The second-order valence-electron chi connectivity index (χ2n) is 2.29. The molecule has 70 valence electrons. The van der Waals surface area contributed by atoms with Crippen LogP contribution in [-0.2, 0) is 6.18 Å². The Balaban J connectivity index is 3.17. The molecule has 0 aromatic carbocycles. The van der Waals surface area contributed by atoms with Crippen molar-refractivity contribution in [3.05, 3.63) is 35.9 Å². The first-order valence-electron chi connectivity index (χ1n) is 3.30. The predicted octanol–water partition coefficient (Wildman–Crippen LogP) is 2.88. The van der Waals surface area contributed by atoms with Gasteiger partial charge in [0.05, 0.1) is 11.3 Å². The fraction of sp³-hybridized carbons (Fsp3) is 0.125. The van der Waals surface area contributed by atoms with Gasteiger partial charge in [-0.1, -0.05) is 6.58 Å². The first kappa shape index (κ1) is 9.70. The largest absolute Gasteiger partial charge is 0.417 e. The molecular weight excluding hydrogens is 186 g/mol. The van der Waals surface area contributed by atoms with E-state index >= 15 is 0 Å². The number of aromatic nitrogens is 1. The van der Waals surface area contributed by atoms with Crippen molar-refractivity contribution >= 4 is 6.08 Å². The van der Waals surface area contributed by atoms with Crippen molar-refractivity contribution in [2.45, 2.75) is 6.18 Å². The molecule has 0 bridgehead atoms. The fourth-order valence-electron chi connectivity index (χ4n) is 0.754. The van der Waals surface area contributed by atoms with Crippen molar-refractivity contribution in [3.63, 3.8) is 0 Å². The number of alkyl halides is 3. The lowest BCUT2D eigenvalue weighted by atomic mass is 10.2. The molecule has 0 aliphatic carbocycles. The second-order valence-corrected chi connectivity index (χ2v) is 2.29. The lowest BCUT2D eigenvalue weighted by Gasteiger charge is -2.06. The van der Waals surface area contributed by atoms with Crippen molar-refractivity contribution in [2.75, 3.05) is 0 Å². The van der Waals surface area contributed by atoms with E-state index < -0.39 is 17.6 Å². The Bertz CT molecular complexity index is 329. The van der Waals surface area contributed by atoms with Gasteiger partial charge < -0.3 is 0 Å². The summed E-state index contributed by atoms with van der Waals surface area (Å²) in [4.78, 5) is 3.25. The van der Waals surface area contributed by atoms with Crippen LogP contribution in [0.25, 0.3) is 6.08 Å². The van der Waals surface area contributed by atoms with Gasteiger partial charge in [0.25, 0.3) is 0 Å². The highest BCUT2D eigenvalue weighted by Gasteiger charge is 2.31. The van der Waals surface area contributed by atoms with Crippen molar-refractivity contribution < 1.29 is 17.6 Å². The Kier molecular flexibility index (Phi) is 2.36. The quantitative estimate of drug-likeness (QED) is 0.622. The van der Waals surface area contributed by atoms with Gasteiger partial charge in [0.15, 0.2) is 0 Å². The molecule has 13 heavy (non-hydrogen) atoms. The number of hydrogen-bond acceptors (Lipinski definition) is 1. The Labute approximate surface area is 71.7 Å². The topological polar surface area (TPSA) is 12.9 Å². The van der Waals surface area contributed by atoms with Gasteiger partial charge in [0.1, 0.15) is 5.82 Å². The standard InChI is InChI=1S/C8H5F4N/c1-2-7-6(9)3-5(4-13-7)8(10,11)12/h2-4H,1H2. The molecule has 1 nitrogen and oxygen atoms in total. The summed E-state index contributed by atoms with van der Waals surface area (Å²) in [5, 5.41) is 0. The molecule has 0 saturated carbocycles. The summed E-state index contributed by atoms with van der Waals surface area (Å²) >= 11 is 0. The van der Waals surface area contributed by atoms with Gasteiger partial charge in [-0.2, -0.15) is 13.2 Å². The summed E-state index contributed by atoms with van der Waals surface area (Å²) in [6.45, 7) is 3.20. The van der Waals surface area contributed by atoms with Crippen LogP contribution in [0.4, 0.5) is 17.6 Å². The maximum Gasteiger partial charge on any atom is 0.417 e. The lowest BCUT2D eigenvalue weighted by molar-refractivity contribution is -0.138. The van der Waals surface area contributed by atoms with E-state index in [0.717, 1.165) is 6.08 Å². The third kappa shape index (κ3) is 2.05. The molecule has 0 aliphatic rings. The Morgan fingerprint density at radius 1 is 1.38 bits per heavy atom. The number of hydrogen-bond donors (Lipinski definition) is 0. The molecule has 5 heteroatoms. The van der Waals surface area contributed by atoms with Crippen LogP contribution in [0.1, 0.15) is 11.3 Å². The van der Waals surface area contributed by atoms with Crippen LogP contribution in [-0.4, -0.2) is 4.98 Å². The van der Waals surface area contributed by atoms with Crippen molar-refractivity contribution in [3.8, 4) is 0 Å². The molecule has 0 amide bonds. The van der Waals surface area contributed by atoms with E-state index in [9.17, 15) is 17.6 Å². The fourth-order valence-corrected chi connectivity index (χ4v) is 0.754. The van der Waals surface area contributed by atoms with Gasteiger partial charge in [-0.15, -0.1) is 0 Å². The second kappa shape index (κ2) is 3.16. The van der Waals surface area contributed by atoms with Crippen molar-refractivity contribution in [1.29, 1.82) is 0 Å². The van der Waals surface area contributed by atoms with Gasteiger partial charge in [-0.3, -0.25) is 4.98 Å². The monoisotopic (exact) mass is 191 g/mol. The summed E-state index contributed by atoms with van der Waals surface area (Å²) in [6.07, 6.45) is -2.94.